The van der Waals surface area contributed by atoms with Gasteiger partial charge in [-0.15, -0.1) is 0 Å². The predicted molar refractivity (Wildman–Crippen MR) is 108 cm³/mol. The van der Waals surface area contributed by atoms with E-state index in [9.17, 15) is 14.4 Å². The van der Waals surface area contributed by atoms with Gasteiger partial charge >= 0.3 is 11.1 Å². The molecule has 150 valence electrons. The van der Waals surface area contributed by atoms with E-state index in [1.165, 1.54) is 24.1 Å². The fourth-order valence-corrected chi connectivity index (χ4v) is 2.85. The first-order valence-corrected chi connectivity index (χ1v) is 8.88. The number of para-hydroxylation sites is 2. The Balaban J connectivity index is 1.75. The Labute approximate surface area is 166 Å². The maximum atomic E-state index is 12.5. The Kier molecular flexibility index (Phi) is 6.13. The summed E-state index contributed by atoms with van der Waals surface area (Å²) in [5.74, 6) is 0.764. The second kappa shape index (κ2) is 8.92. The molecule has 1 amide bonds. The first kappa shape index (κ1) is 19.9. The van der Waals surface area contributed by atoms with Crippen LogP contribution in [0, 0.1) is 0 Å². The molecule has 0 radical (unpaired) electrons. The first-order chi connectivity index (χ1) is 14.0. The van der Waals surface area contributed by atoms with E-state index < -0.39 is 11.1 Å². The van der Waals surface area contributed by atoms with E-state index in [4.69, 9.17) is 9.47 Å². The van der Waals surface area contributed by atoms with Gasteiger partial charge in [0.15, 0.2) is 0 Å². The maximum absolute atomic E-state index is 12.5. The van der Waals surface area contributed by atoms with Crippen LogP contribution in [-0.2, 0) is 17.9 Å². The highest BCUT2D eigenvalue weighted by atomic mass is 16.5. The second-order valence-electron chi connectivity index (χ2n) is 6.21. The number of nitrogens with zero attached hydrogens (tertiary/aromatic N) is 2. The van der Waals surface area contributed by atoms with Gasteiger partial charge in [0.1, 0.15) is 18.0 Å². The van der Waals surface area contributed by atoms with Gasteiger partial charge in [-0.2, -0.15) is 0 Å². The van der Waals surface area contributed by atoms with Gasteiger partial charge in [-0.1, -0.05) is 24.3 Å². The number of amides is 1. The van der Waals surface area contributed by atoms with Gasteiger partial charge in [0, 0.05) is 18.9 Å². The van der Waals surface area contributed by atoms with Crippen molar-refractivity contribution in [2.24, 2.45) is 0 Å². The van der Waals surface area contributed by atoms with Crippen molar-refractivity contribution in [2.75, 3.05) is 14.2 Å². The lowest BCUT2D eigenvalue weighted by atomic mass is 10.2. The number of carbonyl (C=O) groups excluding carboxylic acids is 1. The third kappa shape index (κ3) is 4.55. The molecule has 8 heteroatoms. The van der Waals surface area contributed by atoms with Crippen LogP contribution in [0.25, 0.3) is 5.69 Å². The summed E-state index contributed by atoms with van der Waals surface area (Å²) in [6.45, 7) is 0.0217. The summed E-state index contributed by atoms with van der Waals surface area (Å²) in [5, 5.41) is 2.73. The highest BCUT2D eigenvalue weighted by Crippen LogP contribution is 2.19. The summed E-state index contributed by atoms with van der Waals surface area (Å²) in [4.78, 5) is 37.2. The average Bonchev–Trinajstić information content (AvgIpc) is 2.76. The SMILES string of the molecule is COc1cccc(CNC(=O)Cn2ccn(-c3ccccc3OC)c(=O)c2=O)c1. The van der Waals surface area contributed by atoms with E-state index >= 15 is 0 Å². The molecule has 29 heavy (non-hydrogen) atoms. The van der Waals surface area contributed by atoms with Crippen molar-refractivity contribution < 1.29 is 14.3 Å². The normalized spacial score (nSPS) is 10.4. The van der Waals surface area contributed by atoms with Gasteiger partial charge in [-0.05, 0) is 29.8 Å². The first-order valence-electron chi connectivity index (χ1n) is 8.88. The lowest BCUT2D eigenvalue weighted by Gasteiger charge is -2.12. The van der Waals surface area contributed by atoms with Crippen molar-refractivity contribution in [3.63, 3.8) is 0 Å². The van der Waals surface area contributed by atoms with E-state index in [2.05, 4.69) is 5.32 Å². The van der Waals surface area contributed by atoms with Crippen LogP contribution in [0.15, 0.2) is 70.5 Å². The zero-order chi connectivity index (χ0) is 20.8. The van der Waals surface area contributed by atoms with Crippen LogP contribution in [0.5, 0.6) is 11.5 Å². The van der Waals surface area contributed by atoms with Crippen LogP contribution >= 0.6 is 0 Å². The Hall–Kier alpha value is -3.81. The number of carbonyl (C=O) groups is 1. The largest absolute Gasteiger partial charge is 0.497 e. The van der Waals surface area contributed by atoms with Crippen LogP contribution in [0.3, 0.4) is 0 Å². The Morgan fingerprint density at radius 3 is 2.52 bits per heavy atom. The van der Waals surface area contributed by atoms with Crippen LogP contribution in [-0.4, -0.2) is 29.3 Å². The van der Waals surface area contributed by atoms with Gasteiger partial charge in [-0.3, -0.25) is 23.5 Å². The smallest absolute Gasteiger partial charge is 0.321 e. The van der Waals surface area contributed by atoms with Crippen molar-refractivity contribution in [2.45, 2.75) is 13.1 Å². The molecular formula is C21H21N3O5. The van der Waals surface area contributed by atoms with Gasteiger partial charge in [0.25, 0.3) is 0 Å². The number of benzene rings is 2. The summed E-state index contributed by atoms with van der Waals surface area (Å²) in [6, 6.07) is 14.2. The number of aromatic nitrogens is 2. The molecule has 0 unspecified atom stereocenters. The van der Waals surface area contributed by atoms with Crippen LogP contribution < -0.4 is 25.9 Å². The Morgan fingerprint density at radius 2 is 1.76 bits per heavy atom. The molecule has 3 aromatic rings. The number of nitrogens with one attached hydrogen (secondary N) is 1. The van der Waals surface area contributed by atoms with Crippen molar-refractivity contribution in [3.8, 4) is 17.2 Å². The molecule has 0 fully saturated rings. The highest BCUT2D eigenvalue weighted by molar-refractivity contribution is 5.75. The van der Waals surface area contributed by atoms with Crippen molar-refractivity contribution in [1.82, 2.24) is 14.5 Å². The maximum Gasteiger partial charge on any atom is 0.321 e. The zero-order valence-electron chi connectivity index (χ0n) is 16.1. The van der Waals surface area contributed by atoms with E-state index in [-0.39, 0.29) is 19.0 Å². The minimum atomic E-state index is -0.796. The van der Waals surface area contributed by atoms with Crippen molar-refractivity contribution >= 4 is 5.91 Å². The molecular weight excluding hydrogens is 374 g/mol. The Bertz CT molecular complexity index is 1130. The van der Waals surface area contributed by atoms with E-state index in [0.717, 1.165) is 10.1 Å². The molecule has 1 aromatic heterocycles. The predicted octanol–water partition coefficient (Wildman–Crippen LogP) is 1.33. The van der Waals surface area contributed by atoms with Crippen molar-refractivity contribution in [3.05, 3.63) is 87.2 Å². The molecule has 0 saturated carbocycles. The van der Waals surface area contributed by atoms with Crippen LogP contribution in [0.4, 0.5) is 0 Å². The fraction of sp³-hybridized carbons (Fsp3) is 0.190. The van der Waals surface area contributed by atoms with E-state index in [0.29, 0.717) is 17.2 Å². The topological polar surface area (TPSA) is 91.6 Å². The molecule has 3 rings (SSSR count). The lowest BCUT2D eigenvalue weighted by Crippen LogP contribution is -2.42. The van der Waals surface area contributed by atoms with Gasteiger partial charge in [0.2, 0.25) is 5.91 Å². The molecule has 8 nitrogen and oxygen atoms in total. The summed E-state index contributed by atoms with van der Waals surface area (Å²) < 4.78 is 12.7. The van der Waals surface area contributed by atoms with Gasteiger partial charge in [-0.25, -0.2) is 0 Å². The quantitative estimate of drug-likeness (QED) is 0.610. The molecule has 0 saturated heterocycles. The molecule has 0 aliphatic rings. The van der Waals surface area contributed by atoms with E-state index in [1.807, 2.05) is 18.2 Å². The molecule has 0 bridgehead atoms. The number of rotatable bonds is 7. The molecule has 0 aliphatic heterocycles. The summed E-state index contributed by atoms with van der Waals surface area (Å²) >= 11 is 0. The average molecular weight is 395 g/mol. The highest BCUT2D eigenvalue weighted by Gasteiger charge is 2.12. The standard InChI is InChI=1S/C21H21N3O5/c1-28-16-7-5-6-15(12-16)13-22-19(25)14-23-10-11-24(21(27)20(23)26)17-8-3-4-9-18(17)29-2/h3-12H,13-14H2,1-2H3,(H,22,25). The third-order valence-corrected chi connectivity index (χ3v) is 4.34. The van der Waals surface area contributed by atoms with Gasteiger partial charge < -0.3 is 14.8 Å². The zero-order valence-corrected chi connectivity index (χ0v) is 16.1. The minimum Gasteiger partial charge on any atom is -0.497 e. The summed E-state index contributed by atoms with van der Waals surface area (Å²) in [5.41, 5.74) is -0.254. The minimum absolute atomic E-state index is 0.259. The van der Waals surface area contributed by atoms with E-state index in [1.54, 1.807) is 37.4 Å². The molecule has 0 atom stereocenters. The van der Waals surface area contributed by atoms with Crippen molar-refractivity contribution in [1.29, 1.82) is 0 Å². The summed E-state index contributed by atoms with van der Waals surface area (Å²) in [6.07, 6.45) is 2.85. The molecule has 1 N–H and O–H groups in total. The molecule has 2 aromatic carbocycles. The van der Waals surface area contributed by atoms with Gasteiger partial charge in [0.05, 0.1) is 19.9 Å². The van der Waals surface area contributed by atoms with Crippen LogP contribution in [0.1, 0.15) is 5.56 Å². The summed E-state index contributed by atoms with van der Waals surface area (Å²) in [7, 11) is 3.05. The molecule has 1 heterocycles. The lowest BCUT2D eigenvalue weighted by molar-refractivity contribution is -0.121. The number of ether oxygens (including phenoxy) is 2. The third-order valence-electron chi connectivity index (χ3n) is 4.34. The monoisotopic (exact) mass is 395 g/mol. The molecule has 0 spiro atoms. The second-order valence-corrected chi connectivity index (χ2v) is 6.21. The van der Waals surface area contributed by atoms with Crippen LogP contribution in [0.2, 0.25) is 0 Å². The number of methoxy groups -OCH3 is 2. The fourth-order valence-electron chi connectivity index (χ4n) is 2.85. The number of hydrogen-bond acceptors (Lipinski definition) is 5. The number of hydrogen-bond donors (Lipinski definition) is 1. The molecule has 0 aliphatic carbocycles. The Morgan fingerprint density at radius 1 is 0.966 bits per heavy atom.